The number of carbonyl (C=O) groups is 2. The van der Waals surface area contributed by atoms with E-state index in [9.17, 15) is 53.1 Å². The summed E-state index contributed by atoms with van der Waals surface area (Å²) in [4.78, 5) is 75.4. The molecule has 296 valence electrons. The van der Waals surface area contributed by atoms with E-state index < -0.39 is 78.6 Å². The van der Waals surface area contributed by atoms with Crippen LogP contribution in [0.5, 0.6) is 0 Å². The molecule has 1 saturated heterocycles. The van der Waals surface area contributed by atoms with Gasteiger partial charge in [-0.1, -0.05) is 27.7 Å². The molecule has 1 fully saturated rings. The van der Waals surface area contributed by atoms with Gasteiger partial charge in [0, 0.05) is 35.9 Å². The largest absolute Gasteiger partial charge is 0.481 e. The number of nitrogens with one attached hydrogen (secondary N) is 2. The van der Waals surface area contributed by atoms with Gasteiger partial charge in [0.25, 0.3) is 0 Å². The lowest BCUT2D eigenvalue weighted by atomic mass is 9.87. The van der Waals surface area contributed by atoms with E-state index in [0.29, 0.717) is 11.8 Å². The number of fused-ring (bicyclic) bond motifs is 1. The number of anilines is 1. The Morgan fingerprint density at radius 3 is 2.42 bits per heavy atom. The molecule has 27 heteroatoms. The first-order chi connectivity index (χ1) is 24.1. The summed E-state index contributed by atoms with van der Waals surface area (Å²) in [6, 6.07) is 0. The van der Waals surface area contributed by atoms with E-state index in [1.807, 2.05) is 0 Å². The number of amides is 2. The van der Waals surface area contributed by atoms with Crippen LogP contribution in [0, 0.1) is 5.41 Å². The van der Waals surface area contributed by atoms with Gasteiger partial charge >= 0.3 is 23.5 Å². The van der Waals surface area contributed by atoms with E-state index in [-0.39, 0.29) is 35.9 Å². The van der Waals surface area contributed by atoms with Crippen LogP contribution in [-0.4, -0.2) is 123 Å². The van der Waals surface area contributed by atoms with Gasteiger partial charge in [-0.05, 0) is 6.42 Å². The fourth-order valence-electron chi connectivity index (χ4n) is 4.51. The van der Waals surface area contributed by atoms with Gasteiger partial charge in [0.05, 0.1) is 19.5 Å². The minimum Gasteiger partial charge on any atom is -0.386 e. The summed E-state index contributed by atoms with van der Waals surface area (Å²) in [7, 11) is -16.3. The van der Waals surface area contributed by atoms with Crippen molar-refractivity contribution >= 4 is 64.0 Å². The lowest BCUT2D eigenvalue weighted by Gasteiger charge is -2.30. The van der Waals surface area contributed by atoms with E-state index in [1.165, 1.54) is 13.8 Å². The summed E-state index contributed by atoms with van der Waals surface area (Å²) in [6.45, 7) is 5.05. The highest BCUT2D eigenvalue weighted by atomic mass is 32.2. The number of aliphatic hydroxyl groups is 2. The topological polar surface area (TPSA) is 347 Å². The lowest BCUT2D eigenvalue weighted by molar-refractivity contribution is -0.137. The third kappa shape index (κ3) is 13.0. The van der Waals surface area contributed by atoms with Gasteiger partial charge in [-0.3, -0.25) is 27.7 Å². The number of aliphatic hydroxyl groups excluding tert-OH is 2. The van der Waals surface area contributed by atoms with Crippen molar-refractivity contribution in [3.63, 3.8) is 0 Å². The fraction of sp³-hybridized carbons (Fsp3) is 0.720. The minimum absolute atomic E-state index is 0.0342. The number of nitrogens with zero attached hydrogens (tertiary/aromatic N) is 4. The molecule has 1 aliphatic heterocycles. The first-order valence-electron chi connectivity index (χ1n) is 15.6. The van der Waals surface area contributed by atoms with Crippen LogP contribution in [0.3, 0.4) is 0 Å². The molecule has 4 unspecified atom stereocenters. The average Bonchev–Trinajstić information content (AvgIpc) is 3.60. The van der Waals surface area contributed by atoms with Crippen molar-refractivity contribution in [2.75, 3.05) is 37.8 Å². The Morgan fingerprint density at radius 2 is 1.77 bits per heavy atom. The molecule has 0 saturated carbocycles. The first kappa shape index (κ1) is 44.3. The minimum atomic E-state index is -5.54. The Balaban J connectivity index is 1.54. The van der Waals surface area contributed by atoms with Gasteiger partial charge in [0.1, 0.15) is 36.3 Å². The number of aromatic nitrogens is 4. The van der Waals surface area contributed by atoms with Gasteiger partial charge in [0.15, 0.2) is 17.7 Å². The molecule has 2 amide bonds. The summed E-state index contributed by atoms with van der Waals surface area (Å²) in [5.41, 5.74) is 4.32. The van der Waals surface area contributed by atoms with Gasteiger partial charge in [-0.15, -0.1) is 0 Å². The molecule has 0 radical (unpaired) electrons. The highest BCUT2D eigenvalue weighted by Gasteiger charge is 2.50. The molecule has 3 rings (SSSR count). The zero-order chi connectivity index (χ0) is 39.1. The standard InChI is InChI=1S/C25H44N7O16P3S/c1-5-14(2)52-9-8-27-16(33)6-7-28-23(36)20(35)25(3,4)11-45-51(42,43)48-50(40,41)44-10-15-19(47-49(37,38)39)18(34)24(46-15)32-13-31-17-21(26)29-12-30-22(17)32/h12-15,18-20,24,34-35H,5-11H2,1-4H3,(H,27,33)(H,28,36)(H,40,41)(H,42,43)(H2,26,29,30)(H2,37,38,39)/t14?,15-,18-,19-,20?,24-/m1/s1. The van der Waals surface area contributed by atoms with Crippen molar-refractivity contribution in [2.45, 2.75) is 76.4 Å². The second-order valence-corrected chi connectivity index (χ2v) is 17.9. The maximum atomic E-state index is 12.6. The molecule has 0 aromatic carbocycles. The normalized spacial score (nSPS) is 23.1. The van der Waals surface area contributed by atoms with Crippen molar-refractivity contribution in [3.8, 4) is 0 Å². The van der Waals surface area contributed by atoms with Gasteiger partial charge in [0.2, 0.25) is 11.8 Å². The summed E-state index contributed by atoms with van der Waals surface area (Å²) < 4.78 is 62.0. The molecule has 0 bridgehead atoms. The van der Waals surface area contributed by atoms with Crippen LogP contribution in [-0.2, 0) is 45.9 Å². The van der Waals surface area contributed by atoms with Crippen molar-refractivity contribution in [3.05, 3.63) is 12.7 Å². The average molecular weight is 824 g/mol. The van der Waals surface area contributed by atoms with E-state index in [2.05, 4.69) is 48.3 Å². The Kier molecular flexibility index (Phi) is 15.7. The number of nitrogen functional groups attached to an aromatic ring is 1. The molecule has 3 heterocycles. The van der Waals surface area contributed by atoms with Crippen molar-refractivity contribution in [1.82, 2.24) is 30.2 Å². The quantitative estimate of drug-likeness (QED) is 0.0588. The molecule has 10 N–H and O–H groups in total. The van der Waals surface area contributed by atoms with Crippen LogP contribution in [0.25, 0.3) is 11.2 Å². The number of hydrogen-bond acceptors (Lipinski definition) is 17. The summed E-state index contributed by atoms with van der Waals surface area (Å²) in [5.74, 6) is -0.554. The van der Waals surface area contributed by atoms with Crippen LogP contribution >= 0.6 is 35.2 Å². The Bertz CT molecular complexity index is 1680. The van der Waals surface area contributed by atoms with Gasteiger partial charge < -0.3 is 50.9 Å². The molecular weight excluding hydrogens is 779 g/mol. The Labute approximate surface area is 301 Å². The highest BCUT2D eigenvalue weighted by molar-refractivity contribution is 7.99. The van der Waals surface area contributed by atoms with Crippen molar-refractivity contribution < 1.29 is 75.7 Å². The smallest absolute Gasteiger partial charge is 0.386 e. The monoisotopic (exact) mass is 823 g/mol. The number of phosphoric ester groups is 3. The number of carbonyl (C=O) groups excluding carboxylic acids is 2. The number of thioether (sulfide) groups is 1. The number of hydrogen-bond donors (Lipinski definition) is 9. The third-order valence-electron chi connectivity index (χ3n) is 7.48. The summed E-state index contributed by atoms with van der Waals surface area (Å²) >= 11 is 1.71. The second-order valence-electron chi connectivity index (χ2n) is 12.2. The van der Waals surface area contributed by atoms with Crippen LogP contribution in [0.2, 0.25) is 0 Å². The zero-order valence-corrected chi connectivity index (χ0v) is 32.0. The maximum Gasteiger partial charge on any atom is 0.481 e. The van der Waals surface area contributed by atoms with Gasteiger partial charge in [-0.25, -0.2) is 28.6 Å². The maximum absolute atomic E-state index is 12.6. The SMILES string of the molecule is CCC(C)SCCNC(=O)CCNC(=O)C(O)C(C)(C)COP(=O)(O)OP(=O)(O)OC[C@H]1O[C@@H](n2cnc3c(N)ncnc32)[C@H](O)[C@@H]1OP(=O)(O)O. The molecule has 2 aromatic rings. The molecule has 8 atom stereocenters. The fourth-order valence-corrected chi connectivity index (χ4v) is 8.20. The van der Waals surface area contributed by atoms with Crippen LogP contribution in [0.4, 0.5) is 5.82 Å². The van der Waals surface area contributed by atoms with E-state index in [4.69, 9.17) is 19.5 Å². The number of phosphoric acid groups is 3. The first-order valence-corrected chi connectivity index (χ1v) is 21.1. The predicted molar refractivity (Wildman–Crippen MR) is 182 cm³/mol. The molecule has 0 aliphatic carbocycles. The third-order valence-corrected chi connectivity index (χ3v) is 11.9. The van der Waals surface area contributed by atoms with Crippen molar-refractivity contribution in [2.24, 2.45) is 5.41 Å². The summed E-state index contributed by atoms with van der Waals surface area (Å²) in [5, 5.41) is 26.9. The number of ether oxygens (including phenoxy) is 1. The predicted octanol–water partition coefficient (Wildman–Crippen LogP) is -0.0634. The molecule has 0 spiro atoms. The summed E-state index contributed by atoms with van der Waals surface area (Å²) in [6.07, 6.45) is -5.70. The number of nitrogens with two attached hydrogens (primary N) is 1. The van der Waals surface area contributed by atoms with Crippen LogP contribution in [0.15, 0.2) is 12.7 Å². The molecule has 1 aliphatic rings. The van der Waals surface area contributed by atoms with Crippen LogP contribution in [0.1, 0.15) is 46.8 Å². The van der Waals surface area contributed by atoms with Crippen molar-refractivity contribution in [1.29, 1.82) is 0 Å². The molecule has 2 aromatic heterocycles. The molecular formula is C25H44N7O16P3S. The number of rotatable bonds is 21. The van der Waals surface area contributed by atoms with E-state index in [0.717, 1.165) is 29.4 Å². The second kappa shape index (κ2) is 18.5. The molecule has 52 heavy (non-hydrogen) atoms. The Hall–Kier alpha value is -2.11. The Morgan fingerprint density at radius 1 is 1.10 bits per heavy atom. The highest BCUT2D eigenvalue weighted by Crippen LogP contribution is 2.61. The van der Waals surface area contributed by atoms with Gasteiger partial charge in [-0.2, -0.15) is 16.1 Å². The van der Waals surface area contributed by atoms with Crippen LogP contribution < -0.4 is 16.4 Å². The number of imidazole rings is 1. The zero-order valence-electron chi connectivity index (χ0n) is 28.5. The van der Waals surface area contributed by atoms with E-state index >= 15 is 0 Å². The molecule has 23 nitrogen and oxygen atoms in total. The lowest BCUT2D eigenvalue weighted by Crippen LogP contribution is -2.46. The van der Waals surface area contributed by atoms with E-state index in [1.54, 1.807) is 11.8 Å².